The van der Waals surface area contributed by atoms with Crippen molar-refractivity contribution in [3.05, 3.63) is 29.8 Å². The van der Waals surface area contributed by atoms with Crippen LogP contribution in [0, 0.1) is 0 Å². The molecule has 0 saturated heterocycles. The van der Waals surface area contributed by atoms with E-state index in [1.54, 1.807) is 24.3 Å². The minimum absolute atomic E-state index is 0.0557. The number of phenols is 1. The van der Waals surface area contributed by atoms with Crippen molar-refractivity contribution in [2.24, 2.45) is 0 Å². The third kappa shape index (κ3) is 3.34. The van der Waals surface area contributed by atoms with Crippen LogP contribution in [0.5, 0.6) is 5.75 Å². The lowest BCUT2D eigenvalue weighted by molar-refractivity contribution is -0.139. The van der Waals surface area contributed by atoms with Crippen molar-refractivity contribution in [1.29, 1.82) is 0 Å². The molecule has 1 aromatic rings. The molecule has 0 radical (unpaired) electrons. The first-order valence-electron chi connectivity index (χ1n) is 4.45. The van der Waals surface area contributed by atoms with Gasteiger partial charge in [-0.2, -0.15) is 0 Å². The fourth-order valence-electron chi connectivity index (χ4n) is 1.05. The molecule has 0 aliphatic carbocycles. The maximum Gasteiger partial charge on any atom is 0.309 e. The lowest BCUT2D eigenvalue weighted by Gasteiger charge is -1.99. The zero-order valence-corrected chi connectivity index (χ0v) is 8.43. The minimum Gasteiger partial charge on any atom is -0.506 e. The lowest BCUT2D eigenvalue weighted by atomic mass is 10.1. The summed E-state index contributed by atoms with van der Waals surface area (Å²) in [6.07, 6.45) is 3.64. The van der Waals surface area contributed by atoms with E-state index in [4.69, 9.17) is 5.73 Å². The number of carbonyl (C=O) groups is 1. The van der Waals surface area contributed by atoms with E-state index in [1.165, 1.54) is 13.2 Å². The highest BCUT2D eigenvalue weighted by atomic mass is 16.5. The average Bonchev–Trinajstić information content (AvgIpc) is 2.23. The Kier molecular flexibility index (Phi) is 3.74. The first kappa shape index (κ1) is 11.1. The van der Waals surface area contributed by atoms with Crippen LogP contribution < -0.4 is 5.73 Å². The number of carbonyl (C=O) groups excluding carboxylic acids is 1. The van der Waals surface area contributed by atoms with Crippen molar-refractivity contribution >= 4 is 17.7 Å². The molecule has 0 heterocycles. The zero-order chi connectivity index (χ0) is 11.3. The van der Waals surface area contributed by atoms with Crippen LogP contribution in [-0.2, 0) is 9.53 Å². The molecule has 0 unspecified atom stereocenters. The molecule has 4 nitrogen and oxygen atoms in total. The van der Waals surface area contributed by atoms with E-state index in [1.807, 2.05) is 0 Å². The Morgan fingerprint density at radius 3 is 2.93 bits per heavy atom. The van der Waals surface area contributed by atoms with Gasteiger partial charge in [0.15, 0.2) is 0 Å². The molecule has 0 amide bonds. The number of nitrogen functional groups attached to an aromatic ring is 1. The number of methoxy groups -OCH3 is 1. The van der Waals surface area contributed by atoms with Crippen molar-refractivity contribution in [1.82, 2.24) is 0 Å². The molecule has 0 aliphatic rings. The molecule has 80 valence electrons. The third-order valence-electron chi connectivity index (χ3n) is 1.87. The number of ether oxygens (including phenoxy) is 1. The van der Waals surface area contributed by atoms with Crippen LogP contribution in [0.3, 0.4) is 0 Å². The molecule has 1 rings (SSSR count). The molecular weight excluding hydrogens is 194 g/mol. The molecule has 0 aliphatic heterocycles. The summed E-state index contributed by atoms with van der Waals surface area (Å²) >= 11 is 0. The minimum atomic E-state index is -0.294. The smallest absolute Gasteiger partial charge is 0.309 e. The summed E-state index contributed by atoms with van der Waals surface area (Å²) < 4.78 is 4.48. The summed E-state index contributed by atoms with van der Waals surface area (Å²) in [6.45, 7) is 0. The van der Waals surface area contributed by atoms with Gasteiger partial charge in [-0.25, -0.2) is 0 Å². The molecule has 0 bridgehead atoms. The molecule has 4 heteroatoms. The molecule has 0 spiro atoms. The summed E-state index contributed by atoms with van der Waals surface area (Å²) in [6, 6.07) is 4.84. The van der Waals surface area contributed by atoms with Gasteiger partial charge in [0.2, 0.25) is 0 Å². The lowest BCUT2D eigenvalue weighted by Crippen LogP contribution is -1.96. The predicted molar refractivity (Wildman–Crippen MR) is 58.2 cm³/mol. The quantitative estimate of drug-likeness (QED) is 0.448. The van der Waals surface area contributed by atoms with Gasteiger partial charge in [0.1, 0.15) is 5.75 Å². The molecular formula is C11H13NO3. The molecule has 0 aromatic heterocycles. The summed E-state index contributed by atoms with van der Waals surface area (Å²) in [7, 11) is 1.34. The van der Waals surface area contributed by atoms with Crippen LogP contribution in [0.25, 0.3) is 6.08 Å². The van der Waals surface area contributed by atoms with Gasteiger partial charge in [0.25, 0.3) is 0 Å². The monoisotopic (exact) mass is 207 g/mol. The van der Waals surface area contributed by atoms with Crippen molar-refractivity contribution in [2.45, 2.75) is 6.42 Å². The number of rotatable bonds is 3. The van der Waals surface area contributed by atoms with Gasteiger partial charge >= 0.3 is 5.97 Å². The molecule has 1 aromatic carbocycles. The van der Waals surface area contributed by atoms with Gasteiger partial charge < -0.3 is 15.6 Å². The number of phenolic OH excluding ortho intramolecular Hbond substituents is 1. The topological polar surface area (TPSA) is 72.5 Å². The standard InChI is InChI=1S/C11H13NO3/c1-15-11(14)4-2-3-8-5-6-10(13)9(12)7-8/h2-3,5-7,13H,4,12H2,1H3. The van der Waals surface area contributed by atoms with Gasteiger partial charge in [0.05, 0.1) is 19.2 Å². The van der Waals surface area contributed by atoms with Crippen LogP contribution in [0.4, 0.5) is 5.69 Å². The summed E-state index contributed by atoms with van der Waals surface area (Å²) in [5, 5.41) is 9.17. The Morgan fingerprint density at radius 2 is 2.33 bits per heavy atom. The second-order valence-electron chi connectivity index (χ2n) is 3.00. The number of esters is 1. The Balaban J connectivity index is 2.65. The Hall–Kier alpha value is -1.97. The summed E-state index contributed by atoms with van der Waals surface area (Å²) in [4.78, 5) is 10.8. The van der Waals surface area contributed by atoms with E-state index in [0.717, 1.165) is 5.56 Å². The number of nitrogens with two attached hydrogens (primary N) is 1. The second-order valence-corrected chi connectivity index (χ2v) is 3.00. The SMILES string of the molecule is COC(=O)CC=Cc1ccc(O)c(N)c1. The number of anilines is 1. The Bertz CT molecular complexity index is 385. The highest BCUT2D eigenvalue weighted by Crippen LogP contribution is 2.21. The zero-order valence-electron chi connectivity index (χ0n) is 8.43. The molecule has 0 atom stereocenters. The Labute approximate surface area is 88.0 Å². The number of benzene rings is 1. The van der Waals surface area contributed by atoms with Crippen molar-refractivity contribution in [2.75, 3.05) is 12.8 Å². The summed E-state index contributed by atoms with van der Waals surface area (Å²) in [5.74, 6) is -0.238. The van der Waals surface area contributed by atoms with Gasteiger partial charge in [0, 0.05) is 0 Å². The molecule has 3 N–H and O–H groups in total. The highest BCUT2D eigenvalue weighted by molar-refractivity contribution is 5.72. The maximum absolute atomic E-state index is 10.8. The van der Waals surface area contributed by atoms with E-state index in [-0.39, 0.29) is 18.1 Å². The van der Waals surface area contributed by atoms with Gasteiger partial charge in [-0.15, -0.1) is 0 Å². The van der Waals surface area contributed by atoms with Gasteiger partial charge in [-0.3, -0.25) is 4.79 Å². The molecule has 0 fully saturated rings. The van der Waals surface area contributed by atoms with E-state index in [2.05, 4.69) is 4.74 Å². The molecule has 0 saturated carbocycles. The largest absolute Gasteiger partial charge is 0.506 e. The van der Waals surface area contributed by atoms with Crippen molar-refractivity contribution < 1.29 is 14.6 Å². The second kappa shape index (κ2) is 5.05. The van der Waals surface area contributed by atoms with Crippen molar-refractivity contribution in [3.63, 3.8) is 0 Å². The van der Waals surface area contributed by atoms with E-state index < -0.39 is 0 Å². The first-order valence-corrected chi connectivity index (χ1v) is 4.45. The number of aromatic hydroxyl groups is 1. The van der Waals surface area contributed by atoms with Gasteiger partial charge in [-0.1, -0.05) is 18.2 Å². The van der Waals surface area contributed by atoms with Crippen LogP contribution in [0.1, 0.15) is 12.0 Å². The van der Waals surface area contributed by atoms with E-state index in [9.17, 15) is 9.90 Å². The van der Waals surface area contributed by atoms with Crippen molar-refractivity contribution in [3.8, 4) is 5.75 Å². The maximum atomic E-state index is 10.8. The summed E-state index contributed by atoms with van der Waals surface area (Å²) in [5.41, 5.74) is 6.65. The first-order chi connectivity index (χ1) is 7.13. The van der Waals surface area contributed by atoms with E-state index >= 15 is 0 Å². The van der Waals surface area contributed by atoms with Crippen LogP contribution in [0.2, 0.25) is 0 Å². The van der Waals surface area contributed by atoms with Crippen LogP contribution in [-0.4, -0.2) is 18.2 Å². The average molecular weight is 207 g/mol. The fraction of sp³-hybridized carbons (Fsp3) is 0.182. The normalized spacial score (nSPS) is 10.5. The Morgan fingerprint density at radius 1 is 1.60 bits per heavy atom. The fourth-order valence-corrected chi connectivity index (χ4v) is 1.05. The van der Waals surface area contributed by atoms with Crippen LogP contribution in [0.15, 0.2) is 24.3 Å². The highest BCUT2D eigenvalue weighted by Gasteiger charge is 1.97. The molecule has 15 heavy (non-hydrogen) atoms. The van der Waals surface area contributed by atoms with Gasteiger partial charge in [-0.05, 0) is 17.7 Å². The number of hydrogen-bond acceptors (Lipinski definition) is 4. The number of hydrogen-bond donors (Lipinski definition) is 2. The third-order valence-corrected chi connectivity index (χ3v) is 1.87. The van der Waals surface area contributed by atoms with E-state index in [0.29, 0.717) is 5.69 Å². The predicted octanol–water partition coefficient (Wildman–Crippen LogP) is 1.55. The van der Waals surface area contributed by atoms with Crippen LogP contribution >= 0.6 is 0 Å².